The molecule has 1 rings (SSSR count). The second-order valence-electron chi connectivity index (χ2n) is 1.81. The van der Waals surface area contributed by atoms with Gasteiger partial charge in [0.2, 0.25) is 0 Å². The van der Waals surface area contributed by atoms with Gasteiger partial charge in [0.15, 0.2) is 17.3 Å². The second-order valence-corrected chi connectivity index (χ2v) is 1.81. The van der Waals surface area contributed by atoms with Gasteiger partial charge in [-0.05, 0) is 5.18 Å². The highest BCUT2D eigenvalue weighted by molar-refractivity contribution is 5.39. The molecule has 0 amide bonds. The van der Waals surface area contributed by atoms with Crippen molar-refractivity contribution in [3.8, 4) is 0 Å². The maximum absolute atomic E-state index is 12.3. The van der Waals surface area contributed by atoms with E-state index in [0.29, 0.717) is 12.1 Å². The standard InChI is InChI=1S/C6H2F3NO/c7-3-1-4(8)6(10-11)5(9)2-3/h1-2H. The van der Waals surface area contributed by atoms with Crippen molar-refractivity contribution >= 4 is 5.69 Å². The maximum atomic E-state index is 12.3. The van der Waals surface area contributed by atoms with E-state index in [2.05, 4.69) is 0 Å². The van der Waals surface area contributed by atoms with Crippen LogP contribution < -0.4 is 0 Å². The predicted octanol–water partition coefficient (Wildman–Crippen LogP) is 2.50. The quantitative estimate of drug-likeness (QED) is 0.582. The van der Waals surface area contributed by atoms with Crippen LogP contribution in [0.15, 0.2) is 17.3 Å². The van der Waals surface area contributed by atoms with Gasteiger partial charge in [0, 0.05) is 12.1 Å². The Morgan fingerprint density at radius 2 is 1.55 bits per heavy atom. The molecule has 5 heteroatoms. The van der Waals surface area contributed by atoms with Crippen LogP contribution in [-0.4, -0.2) is 0 Å². The maximum Gasteiger partial charge on any atom is 0.179 e. The summed E-state index contributed by atoms with van der Waals surface area (Å²) in [6, 6.07) is 0.777. The molecule has 1 aromatic carbocycles. The number of rotatable bonds is 1. The fourth-order valence-electron chi connectivity index (χ4n) is 0.622. The van der Waals surface area contributed by atoms with Crippen LogP contribution in [0.4, 0.5) is 18.9 Å². The smallest absolute Gasteiger partial charge is 0.179 e. The molecule has 0 aliphatic carbocycles. The Hall–Kier alpha value is -1.39. The Bertz CT molecular complexity index is 277. The summed E-state index contributed by atoms with van der Waals surface area (Å²) < 4.78 is 36.8. The van der Waals surface area contributed by atoms with Crippen LogP contribution in [-0.2, 0) is 0 Å². The molecule has 0 unspecified atom stereocenters. The summed E-state index contributed by atoms with van der Waals surface area (Å²) in [7, 11) is 0. The summed E-state index contributed by atoms with van der Waals surface area (Å²) in [6.07, 6.45) is 0. The van der Waals surface area contributed by atoms with Crippen molar-refractivity contribution in [1.29, 1.82) is 0 Å². The molecule has 2 nitrogen and oxygen atoms in total. The molecule has 0 bridgehead atoms. The molecule has 0 saturated heterocycles. The highest BCUT2D eigenvalue weighted by Crippen LogP contribution is 2.22. The van der Waals surface area contributed by atoms with Gasteiger partial charge >= 0.3 is 0 Å². The molecule has 0 fully saturated rings. The van der Waals surface area contributed by atoms with Crippen molar-refractivity contribution in [2.24, 2.45) is 5.18 Å². The van der Waals surface area contributed by atoms with Crippen molar-refractivity contribution in [3.63, 3.8) is 0 Å². The number of nitrogens with zero attached hydrogens (tertiary/aromatic N) is 1. The number of nitroso groups, excluding NO2 is 1. The van der Waals surface area contributed by atoms with E-state index in [4.69, 9.17) is 0 Å². The third-order valence-electron chi connectivity index (χ3n) is 1.07. The van der Waals surface area contributed by atoms with Gasteiger partial charge in [0.25, 0.3) is 0 Å². The molecule has 58 valence electrons. The van der Waals surface area contributed by atoms with Crippen LogP contribution >= 0.6 is 0 Å². The average Bonchev–Trinajstić information content (AvgIpc) is 1.85. The van der Waals surface area contributed by atoms with Gasteiger partial charge in [0.05, 0.1) is 0 Å². The van der Waals surface area contributed by atoms with E-state index in [1.165, 1.54) is 0 Å². The molecular weight excluding hydrogens is 159 g/mol. The predicted molar refractivity (Wildman–Crippen MR) is 31.8 cm³/mol. The molecule has 0 saturated carbocycles. The lowest BCUT2D eigenvalue weighted by atomic mass is 10.3. The highest BCUT2D eigenvalue weighted by Gasteiger charge is 2.10. The van der Waals surface area contributed by atoms with Gasteiger partial charge in [-0.3, -0.25) is 0 Å². The Labute approximate surface area is 59.6 Å². The lowest BCUT2D eigenvalue weighted by Gasteiger charge is -1.94. The Morgan fingerprint density at radius 3 is 1.91 bits per heavy atom. The van der Waals surface area contributed by atoms with E-state index < -0.39 is 23.1 Å². The fraction of sp³-hybridized carbons (Fsp3) is 0. The summed E-state index contributed by atoms with van der Waals surface area (Å²) in [5.41, 5.74) is -0.994. The van der Waals surface area contributed by atoms with Gasteiger partial charge in [-0.1, -0.05) is 0 Å². The minimum atomic E-state index is -1.29. The lowest BCUT2D eigenvalue weighted by molar-refractivity contribution is 0.546. The molecule has 0 aliphatic heterocycles. The van der Waals surface area contributed by atoms with Crippen molar-refractivity contribution in [2.45, 2.75) is 0 Å². The highest BCUT2D eigenvalue weighted by atomic mass is 19.1. The monoisotopic (exact) mass is 161 g/mol. The Morgan fingerprint density at radius 1 is 1.09 bits per heavy atom. The first-order valence-corrected chi connectivity index (χ1v) is 2.63. The number of benzene rings is 1. The van der Waals surface area contributed by atoms with Crippen LogP contribution in [0.5, 0.6) is 0 Å². The van der Waals surface area contributed by atoms with Crippen molar-refractivity contribution in [2.75, 3.05) is 0 Å². The average molecular weight is 161 g/mol. The SMILES string of the molecule is O=Nc1c(F)cc(F)cc1F. The first-order valence-electron chi connectivity index (χ1n) is 2.63. The van der Waals surface area contributed by atoms with E-state index in [-0.39, 0.29) is 0 Å². The second kappa shape index (κ2) is 2.69. The normalized spacial score (nSPS) is 9.73. The minimum absolute atomic E-state index is 0.389. The Kier molecular flexibility index (Phi) is 1.89. The summed E-state index contributed by atoms with van der Waals surface area (Å²) in [4.78, 5) is 9.71. The van der Waals surface area contributed by atoms with E-state index in [1.807, 2.05) is 5.18 Å². The largest absolute Gasteiger partial charge is 0.207 e. The molecule has 0 aliphatic rings. The van der Waals surface area contributed by atoms with E-state index in [9.17, 15) is 18.1 Å². The van der Waals surface area contributed by atoms with Gasteiger partial charge in [-0.15, -0.1) is 4.91 Å². The zero-order chi connectivity index (χ0) is 8.43. The molecule has 0 aromatic heterocycles. The zero-order valence-electron chi connectivity index (χ0n) is 5.14. The summed E-state index contributed by atoms with van der Waals surface area (Å²) in [5.74, 6) is -3.66. The fourth-order valence-corrected chi connectivity index (χ4v) is 0.622. The van der Waals surface area contributed by atoms with Gasteiger partial charge in [0.1, 0.15) is 5.82 Å². The van der Waals surface area contributed by atoms with Crippen LogP contribution in [0.2, 0.25) is 0 Å². The van der Waals surface area contributed by atoms with Gasteiger partial charge in [-0.2, -0.15) is 0 Å². The van der Waals surface area contributed by atoms with E-state index in [0.717, 1.165) is 0 Å². The first-order chi connectivity index (χ1) is 5.15. The molecule has 11 heavy (non-hydrogen) atoms. The summed E-state index contributed by atoms with van der Waals surface area (Å²) >= 11 is 0. The summed E-state index contributed by atoms with van der Waals surface area (Å²) in [6.45, 7) is 0. The van der Waals surface area contributed by atoms with Crippen LogP contribution in [0.1, 0.15) is 0 Å². The topological polar surface area (TPSA) is 29.4 Å². The minimum Gasteiger partial charge on any atom is -0.207 e. The lowest BCUT2D eigenvalue weighted by Crippen LogP contribution is -1.84. The van der Waals surface area contributed by atoms with Gasteiger partial charge < -0.3 is 0 Å². The molecule has 1 aromatic rings. The van der Waals surface area contributed by atoms with Crippen LogP contribution in [0, 0.1) is 22.4 Å². The first kappa shape index (κ1) is 7.71. The van der Waals surface area contributed by atoms with Crippen LogP contribution in [0.25, 0.3) is 0 Å². The zero-order valence-corrected chi connectivity index (χ0v) is 5.14. The molecular formula is C6H2F3NO. The Balaban J connectivity index is 3.36. The molecule has 0 spiro atoms. The number of halogens is 3. The molecule has 0 N–H and O–H groups in total. The van der Waals surface area contributed by atoms with Gasteiger partial charge in [-0.25, -0.2) is 13.2 Å². The number of hydrogen-bond donors (Lipinski definition) is 0. The van der Waals surface area contributed by atoms with E-state index in [1.54, 1.807) is 0 Å². The van der Waals surface area contributed by atoms with Crippen molar-refractivity contribution in [3.05, 3.63) is 34.5 Å². The number of hydrogen-bond acceptors (Lipinski definition) is 2. The van der Waals surface area contributed by atoms with Crippen molar-refractivity contribution in [1.82, 2.24) is 0 Å². The molecule has 0 atom stereocenters. The third-order valence-corrected chi connectivity index (χ3v) is 1.07. The summed E-state index contributed by atoms with van der Waals surface area (Å²) in [5, 5.41) is 2.04. The molecule has 0 heterocycles. The van der Waals surface area contributed by atoms with Crippen LogP contribution in [0.3, 0.4) is 0 Å². The molecule has 0 radical (unpaired) electrons. The van der Waals surface area contributed by atoms with Crippen molar-refractivity contribution < 1.29 is 13.2 Å². The van der Waals surface area contributed by atoms with E-state index >= 15 is 0 Å². The third kappa shape index (κ3) is 1.36.